The fourth-order valence-corrected chi connectivity index (χ4v) is 2.68. The Morgan fingerprint density at radius 1 is 1.24 bits per heavy atom. The molecule has 3 N–H and O–H groups in total. The summed E-state index contributed by atoms with van der Waals surface area (Å²) in [5.41, 5.74) is 5.46. The summed E-state index contributed by atoms with van der Waals surface area (Å²) in [7, 11) is 0. The lowest BCUT2D eigenvalue weighted by Gasteiger charge is -2.40. The van der Waals surface area contributed by atoms with Gasteiger partial charge in [0.2, 0.25) is 5.91 Å². The van der Waals surface area contributed by atoms with Crippen LogP contribution in [-0.2, 0) is 4.79 Å². The minimum Gasteiger partial charge on any atom is -0.391 e. The van der Waals surface area contributed by atoms with Crippen LogP contribution >= 0.6 is 0 Å². The molecule has 5 heteroatoms. The van der Waals surface area contributed by atoms with E-state index < -0.39 is 0 Å². The Hall–Kier alpha value is -0.650. The van der Waals surface area contributed by atoms with Crippen molar-refractivity contribution in [2.45, 2.75) is 59.1 Å². The number of rotatable bonds is 7. The Morgan fingerprint density at radius 2 is 1.81 bits per heavy atom. The van der Waals surface area contributed by atoms with E-state index in [0.717, 1.165) is 45.4 Å². The lowest BCUT2D eigenvalue weighted by Crippen LogP contribution is -2.55. The summed E-state index contributed by atoms with van der Waals surface area (Å²) in [5, 5.41) is 10.2. The number of unbranched alkanes of at least 4 members (excludes halogenated alkanes) is 1. The van der Waals surface area contributed by atoms with E-state index in [-0.39, 0.29) is 23.5 Å². The van der Waals surface area contributed by atoms with Crippen molar-refractivity contribution in [2.24, 2.45) is 11.1 Å². The van der Waals surface area contributed by atoms with Crippen molar-refractivity contribution < 1.29 is 9.90 Å². The van der Waals surface area contributed by atoms with Gasteiger partial charge >= 0.3 is 0 Å². The second-order valence-corrected chi connectivity index (χ2v) is 7.28. The quantitative estimate of drug-likeness (QED) is 0.737. The number of β-amino-alcohol motifs (C(OH)–C–C–N with tert-alkyl or cyclic N) is 1. The van der Waals surface area contributed by atoms with Gasteiger partial charge in [0.15, 0.2) is 0 Å². The summed E-state index contributed by atoms with van der Waals surface area (Å²) >= 11 is 0. The van der Waals surface area contributed by atoms with Crippen LogP contribution < -0.4 is 5.73 Å². The third kappa shape index (κ3) is 5.93. The van der Waals surface area contributed by atoms with Crippen LogP contribution in [0.15, 0.2) is 0 Å². The Kier molecular flexibility index (Phi) is 7.10. The van der Waals surface area contributed by atoms with Crippen LogP contribution in [0.2, 0.25) is 0 Å². The number of hydrogen-bond donors (Lipinski definition) is 2. The van der Waals surface area contributed by atoms with Gasteiger partial charge in [0.05, 0.1) is 12.1 Å². The van der Waals surface area contributed by atoms with E-state index in [4.69, 9.17) is 5.73 Å². The Balaban J connectivity index is 2.45. The van der Waals surface area contributed by atoms with E-state index in [1.165, 1.54) is 0 Å². The smallest absolute Gasteiger partial charge is 0.234 e. The van der Waals surface area contributed by atoms with Gasteiger partial charge in [-0.05, 0) is 11.8 Å². The van der Waals surface area contributed by atoms with E-state index in [1.54, 1.807) is 0 Å². The van der Waals surface area contributed by atoms with Crippen LogP contribution in [0.5, 0.6) is 0 Å². The van der Waals surface area contributed by atoms with Gasteiger partial charge in [-0.1, -0.05) is 40.5 Å². The predicted octanol–water partition coefficient (Wildman–Crippen LogP) is 1.06. The normalized spacial score (nSPS) is 21.2. The highest BCUT2D eigenvalue weighted by atomic mass is 16.3. The van der Waals surface area contributed by atoms with Gasteiger partial charge < -0.3 is 10.8 Å². The van der Waals surface area contributed by atoms with Crippen molar-refractivity contribution in [3.05, 3.63) is 0 Å². The summed E-state index contributed by atoms with van der Waals surface area (Å²) in [5.74, 6) is -0.202. The molecule has 21 heavy (non-hydrogen) atoms. The molecule has 0 aromatic rings. The second-order valence-electron chi connectivity index (χ2n) is 7.28. The van der Waals surface area contributed by atoms with E-state index in [1.807, 2.05) is 0 Å². The topological polar surface area (TPSA) is 69.8 Å². The summed E-state index contributed by atoms with van der Waals surface area (Å²) < 4.78 is 0. The van der Waals surface area contributed by atoms with E-state index in [0.29, 0.717) is 6.54 Å². The molecule has 1 aliphatic rings. The highest BCUT2D eigenvalue weighted by Crippen LogP contribution is 2.21. The highest BCUT2D eigenvalue weighted by Gasteiger charge is 2.29. The zero-order valence-corrected chi connectivity index (χ0v) is 14.1. The maximum absolute atomic E-state index is 11.6. The third-order valence-electron chi connectivity index (χ3n) is 4.44. The second kappa shape index (κ2) is 8.11. The molecule has 0 unspecified atom stereocenters. The predicted molar refractivity (Wildman–Crippen MR) is 86.0 cm³/mol. The molecular weight excluding hydrogens is 266 g/mol. The number of carbonyl (C=O) groups excluding carboxylic acids is 1. The van der Waals surface area contributed by atoms with Gasteiger partial charge in [-0.15, -0.1) is 0 Å². The average Bonchev–Trinajstić information content (AvgIpc) is 2.39. The maximum Gasteiger partial charge on any atom is 0.234 e. The van der Waals surface area contributed by atoms with Crippen LogP contribution in [0.4, 0.5) is 0 Å². The molecule has 1 amide bonds. The molecule has 124 valence electrons. The standard InChI is InChI=1S/C16H33N3O2/c1-5-6-7-13(15(17)21)19-10-8-18(9-11-19)12-14(20)16(2,3)4/h13-14,20H,5-12H2,1-4H3,(H2,17,21)/t13-,14+/m1/s1. The number of nitrogens with zero attached hydrogens (tertiary/aromatic N) is 2. The fraction of sp³-hybridized carbons (Fsp3) is 0.938. The molecule has 1 rings (SSSR count). The Morgan fingerprint density at radius 3 is 2.24 bits per heavy atom. The van der Waals surface area contributed by atoms with Gasteiger partial charge in [0.25, 0.3) is 0 Å². The van der Waals surface area contributed by atoms with Gasteiger partial charge in [0, 0.05) is 32.7 Å². The minimum atomic E-state index is -0.323. The molecule has 1 saturated heterocycles. The van der Waals surface area contributed by atoms with Gasteiger partial charge in [-0.2, -0.15) is 0 Å². The molecule has 2 atom stereocenters. The molecule has 5 nitrogen and oxygen atoms in total. The molecule has 1 aliphatic heterocycles. The lowest BCUT2D eigenvalue weighted by molar-refractivity contribution is -0.124. The van der Waals surface area contributed by atoms with Crippen LogP contribution in [-0.4, -0.2) is 65.7 Å². The van der Waals surface area contributed by atoms with Gasteiger partial charge in [-0.3, -0.25) is 14.6 Å². The molecule has 0 saturated carbocycles. The minimum absolute atomic E-state index is 0.0893. The molecule has 0 aromatic carbocycles. The molecule has 0 aromatic heterocycles. The molecular formula is C16H33N3O2. The van der Waals surface area contributed by atoms with Gasteiger partial charge in [-0.25, -0.2) is 0 Å². The zero-order chi connectivity index (χ0) is 16.0. The van der Waals surface area contributed by atoms with Crippen molar-refractivity contribution >= 4 is 5.91 Å². The van der Waals surface area contributed by atoms with Crippen molar-refractivity contribution in [3.63, 3.8) is 0 Å². The number of primary amides is 1. The molecule has 1 fully saturated rings. The largest absolute Gasteiger partial charge is 0.391 e. The molecule has 0 radical (unpaired) electrons. The van der Waals surface area contributed by atoms with Gasteiger partial charge in [0.1, 0.15) is 0 Å². The average molecular weight is 299 g/mol. The zero-order valence-electron chi connectivity index (χ0n) is 14.1. The summed E-state index contributed by atoms with van der Waals surface area (Å²) in [4.78, 5) is 16.1. The molecule has 1 heterocycles. The van der Waals surface area contributed by atoms with Crippen molar-refractivity contribution in [2.75, 3.05) is 32.7 Å². The number of piperazine rings is 1. The van der Waals surface area contributed by atoms with E-state index >= 15 is 0 Å². The van der Waals surface area contributed by atoms with Crippen LogP contribution in [0, 0.1) is 5.41 Å². The first-order valence-electron chi connectivity index (χ1n) is 8.19. The molecule has 0 bridgehead atoms. The molecule has 0 spiro atoms. The first kappa shape index (κ1) is 18.4. The van der Waals surface area contributed by atoms with Crippen LogP contribution in [0.3, 0.4) is 0 Å². The third-order valence-corrected chi connectivity index (χ3v) is 4.44. The Bertz CT molecular complexity index is 320. The highest BCUT2D eigenvalue weighted by molar-refractivity contribution is 5.79. The van der Waals surface area contributed by atoms with Crippen LogP contribution in [0.1, 0.15) is 47.0 Å². The van der Waals surface area contributed by atoms with Crippen molar-refractivity contribution in [1.29, 1.82) is 0 Å². The number of aliphatic hydroxyl groups excluding tert-OH is 1. The van der Waals surface area contributed by atoms with E-state index in [9.17, 15) is 9.90 Å². The number of hydrogen-bond acceptors (Lipinski definition) is 4. The monoisotopic (exact) mass is 299 g/mol. The first-order chi connectivity index (χ1) is 9.75. The Labute approximate surface area is 129 Å². The maximum atomic E-state index is 11.6. The van der Waals surface area contributed by atoms with E-state index in [2.05, 4.69) is 37.5 Å². The molecule has 0 aliphatic carbocycles. The number of amides is 1. The summed E-state index contributed by atoms with van der Waals surface area (Å²) in [6, 6.07) is -0.125. The number of nitrogens with two attached hydrogens (primary N) is 1. The van der Waals surface area contributed by atoms with Crippen LogP contribution in [0.25, 0.3) is 0 Å². The summed E-state index contributed by atoms with van der Waals surface area (Å²) in [6.07, 6.45) is 2.66. The lowest BCUT2D eigenvalue weighted by atomic mass is 9.89. The summed E-state index contributed by atoms with van der Waals surface area (Å²) in [6.45, 7) is 12.5. The fourth-order valence-electron chi connectivity index (χ4n) is 2.68. The SMILES string of the molecule is CCCC[C@H](C(N)=O)N1CCN(C[C@H](O)C(C)(C)C)CC1. The van der Waals surface area contributed by atoms with Crippen molar-refractivity contribution in [3.8, 4) is 0 Å². The van der Waals surface area contributed by atoms with Crippen molar-refractivity contribution in [1.82, 2.24) is 9.80 Å². The number of carbonyl (C=O) groups is 1. The number of aliphatic hydroxyl groups is 1. The first-order valence-corrected chi connectivity index (χ1v) is 8.19.